The van der Waals surface area contributed by atoms with E-state index < -0.39 is 12.0 Å². The maximum atomic E-state index is 11.4. The molecule has 0 saturated carbocycles. The first-order chi connectivity index (χ1) is 12.5. The van der Waals surface area contributed by atoms with Crippen LogP contribution in [0.2, 0.25) is 0 Å². The number of aromatic hydroxyl groups is 2. The van der Waals surface area contributed by atoms with Gasteiger partial charge in [-0.25, -0.2) is 0 Å². The van der Waals surface area contributed by atoms with Crippen molar-refractivity contribution in [1.29, 1.82) is 5.26 Å². The molecule has 0 bridgehead atoms. The summed E-state index contributed by atoms with van der Waals surface area (Å²) in [5.41, 5.74) is 7.48. The van der Waals surface area contributed by atoms with E-state index in [0.717, 1.165) is 5.56 Å². The minimum Gasteiger partial charge on any atom is -0.494 e. The third-order valence-electron chi connectivity index (χ3n) is 4.21. The molecule has 0 aliphatic heterocycles. The summed E-state index contributed by atoms with van der Waals surface area (Å²) in [4.78, 5) is 11.4. The van der Waals surface area contributed by atoms with Crippen molar-refractivity contribution in [1.82, 2.24) is 4.57 Å². The van der Waals surface area contributed by atoms with Crippen LogP contribution in [0.3, 0.4) is 0 Å². The first kappa shape index (κ1) is 17.3. The van der Waals surface area contributed by atoms with Gasteiger partial charge in [0.1, 0.15) is 6.04 Å². The first-order valence-corrected chi connectivity index (χ1v) is 7.85. The number of nitrogens with zero attached hydrogens (tertiary/aromatic N) is 2. The molecule has 1 aromatic heterocycles. The molecule has 0 aliphatic carbocycles. The number of ether oxygens (including phenoxy) is 1. The summed E-state index contributed by atoms with van der Waals surface area (Å²) in [6.45, 7) is 0. The van der Waals surface area contributed by atoms with Crippen LogP contribution < -0.4 is 5.73 Å². The number of hydrogen-bond acceptors (Lipinski definition) is 6. The topological polar surface area (TPSA) is 122 Å². The van der Waals surface area contributed by atoms with Crippen LogP contribution in [0.5, 0.6) is 11.8 Å². The number of fused-ring (bicyclic) bond motifs is 1. The van der Waals surface area contributed by atoms with Crippen molar-refractivity contribution in [3.05, 3.63) is 53.6 Å². The van der Waals surface area contributed by atoms with Gasteiger partial charge in [-0.15, -0.1) is 0 Å². The van der Waals surface area contributed by atoms with Crippen molar-refractivity contribution in [3.8, 4) is 23.5 Å². The van der Waals surface area contributed by atoms with Gasteiger partial charge >= 0.3 is 5.97 Å². The molecule has 2 aromatic carbocycles. The van der Waals surface area contributed by atoms with Crippen molar-refractivity contribution in [2.75, 3.05) is 7.11 Å². The van der Waals surface area contributed by atoms with Crippen LogP contribution in [0.25, 0.3) is 16.5 Å². The Hall–Kier alpha value is -3.50. The van der Waals surface area contributed by atoms with E-state index in [9.17, 15) is 15.0 Å². The van der Waals surface area contributed by atoms with Gasteiger partial charge in [0.05, 0.1) is 24.4 Å². The van der Waals surface area contributed by atoms with E-state index in [1.807, 2.05) is 6.07 Å². The third kappa shape index (κ3) is 2.94. The van der Waals surface area contributed by atoms with E-state index in [4.69, 9.17) is 11.0 Å². The second kappa shape index (κ2) is 6.78. The van der Waals surface area contributed by atoms with Crippen LogP contribution in [-0.4, -0.2) is 33.9 Å². The number of carbonyl (C=O) groups excluding carboxylic acids is 1. The maximum absolute atomic E-state index is 11.4. The number of methoxy groups -OCH3 is 1. The van der Waals surface area contributed by atoms with Gasteiger partial charge in [-0.3, -0.25) is 9.36 Å². The summed E-state index contributed by atoms with van der Waals surface area (Å²) in [7, 11) is 1.28. The lowest BCUT2D eigenvalue weighted by molar-refractivity contribution is -0.142. The number of nitrogens with two attached hydrogens (primary N) is 1. The molecule has 7 heteroatoms. The molecule has 0 saturated heterocycles. The number of carbonyl (C=O) groups is 1. The Morgan fingerprint density at radius 2 is 1.85 bits per heavy atom. The number of aromatic nitrogens is 1. The zero-order valence-corrected chi connectivity index (χ0v) is 14.0. The minimum absolute atomic E-state index is 0.124. The molecule has 132 valence electrons. The van der Waals surface area contributed by atoms with E-state index in [1.165, 1.54) is 17.7 Å². The van der Waals surface area contributed by atoms with Crippen LogP contribution >= 0.6 is 0 Å². The van der Waals surface area contributed by atoms with Crippen molar-refractivity contribution in [2.45, 2.75) is 12.5 Å². The molecule has 3 rings (SSSR count). The maximum Gasteiger partial charge on any atom is 0.322 e. The summed E-state index contributed by atoms with van der Waals surface area (Å²) in [5.74, 6) is -0.774. The smallest absolute Gasteiger partial charge is 0.322 e. The highest BCUT2D eigenvalue weighted by Crippen LogP contribution is 2.39. The Morgan fingerprint density at radius 1 is 1.19 bits per heavy atom. The zero-order valence-electron chi connectivity index (χ0n) is 14.0. The molecule has 26 heavy (non-hydrogen) atoms. The molecule has 7 nitrogen and oxygen atoms in total. The standard InChI is InChI=1S/C19H17N3O4/c1-26-19(25)16(21)9-11-2-5-13(6-3-11)22-17(23)14-7-4-12(10-20)8-15(14)18(22)24/h2-8,16,23-24H,9,21H2,1H3. The van der Waals surface area contributed by atoms with E-state index in [-0.39, 0.29) is 11.8 Å². The molecule has 0 spiro atoms. The van der Waals surface area contributed by atoms with E-state index in [2.05, 4.69) is 4.74 Å². The average Bonchev–Trinajstić information content (AvgIpc) is 2.91. The highest BCUT2D eigenvalue weighted by atomic mass is 16.5. The number of nitriles is 1. The molecule has 3 aromatic rings. The van der Waals surface area contributed by atoms with Crippen molar-refractivity contribution in [3.63, 3.8) is 0 Å². The Balaban J connectivity index is 1.97. The second-order valence-corrected chi connectivity index (χ2v) is 5.86. The SMILES string of the molecule is COC(=O)C(N)Cc1ccc(-n2c(O)c3ccc(C#N)cc3c2O)cc1. The van der Waals surface area contributed by atoms with Gasteiger partial charge in [-0.2, -0.15) is 5.26 Å². The van der Waals surface area contributed by atoms with Gasteiger partial charge in [0.15, 0.2) is 0 Å². The monoisotopic (exact) mass is 351 g/mol. The van der Waals surface area contributed by atoms with Crippen LogP contribution in [-0.2, 0) is 16.0 Å². The largest absolute Gasteiger partial charge is 0.494 e. The fourth-order valence-corrected chi connectivity index (χ4v) is 2.85. The molecule has 0 amide bonds. The van der Waals surface area contributed by atoms with Crippen molar-refractivity contribution >= 4 is 16.7 Å². The summed E-state index contributed by atoms with van der Waals surface area (Å²) in [5, 5.41) is 30.7. The van der Waals surface area contributed by atoms with Crippen LogP contribution in [0.15, 0.2) is 42.5 Å². The van der Waals surface area contributed by atoms with Crippen LogP contribution in [0, 0.1) is 11.3 Å². The van der Waals surface area contributed by atoms with Gasteiger partial charge in [0.2, 0.25) is 11.8 Å². The molecular weight excluding hydrogens is 334 g/mol. The fourth-order valence-electron chi connectivity index (χ4n) is 2.85. The van der Waals surface area contributed by atoms with Gasteiger partial charge in [0.25, 0.3) is 0 Å². The Bertz CT molecular complexity index is 1020. The van der Waals surface area contributed by atoms with Crippen molar-refractivity contribution < 1.29 is 19.7 Å². The molecule has 4 N–H and O–H groups in total. The second-order valence-electron chi connectivity index (χ2n) is 5.86. The van der Waals surface area contributed by atoms with Gasteiger partial charge in [-0.1, -0.05) is 12.1 Å². The summed E-state index contributed by atoms with van der Waals surface area (Å²) in [6.07, 6.45) is 0.310. The van der Waals surface area contributed by atoms with E-state index >= 15 is 0 Å². The van der Waals surface area contributed by atoms with Crippen LogP contribution in [0.1, 0.15) is 11.1 Å². The minimum atomic E-state index is -0.758. The molecule has 1 heterocycles. The molecular formula is C19H17N3O4. The summed E-state index contributed by atoms with van der Waals surface area (Å²) >= 11 is 0. The number of hydrogen-bond donors (Lipinski definition) is 3. The van der Waals surface area contributed by atoms with Gasteiger partial charge < -0.3 is 20.7 Å². The summed E-state index contributed by atoms with van der Waals surface area (Å²) < 4.78 is 5.89. The van der Waals surface area contributed by atoms with Gasteiger partial charge in [-0.05, 0) is 42.3 Å². The first-order valence-electron chi connectivity index (χ1n) is 7.85. The average molecular weight is 351 g/mol. The predicted molar refractivity (Wildman–Crippen MR) is 95.0 cm³/mol. The molecule has 1 atom stereocenters. The highest BCUT2D eigenvalue weighted by Gasteiger charge is 2.18. The number of rotatable bonds is 4. The Labute approximate surface area is 149 Å². The predicted octanol–water partition coefficient (Wildman–Crippen LogP) is 1.96. The number of benzene rings is 2. The Kier molecular flexibility index (Phi) is 4.52. The fraction of sp³-hybridized carbons (Fsp3) is 0.158. The van der Waals surface area contributed by atoms with Crippen molar-refractivity contribution in [2.24, 2.45) is 5.73 Å². The molecule has 0 radical (unpaired) electrons. The van der Waals surface area contributed by atoms with E-state index in [0.29, 0.717) is 28.4 Å². The lowest BCUT2D eigenvalue weighted by Gasteiger charge is -2.11. The van der Waals surface area contributed by atoms with Gasteiger partial charge in [0, 0.05) is 10.8 Å². The highest BCUT2D eigenvalue weighted by molar-refractivity contribution is 5.94. The van der Waals surface area contributed by atoms with Crippen LogP contribution in [0.4, 0.5) is 0 Å². The Morgan fingerprint density at radius 3 is 2.46 bits per heavy atom. The lowest BCUT2D eigenvalue weighted by Crippen LogP contribution is -2.33. The summed E-state index contributed by atoms with van der Waals surface area (Å²) in [6, 6.07) is 12.8. The lowest BCUT2D eigenvalue weighted by atomic mass is 10.1. The number of esters is 1. The molecule has 1 unspecified atom stereocenters. The molecule has 0 aliphatic rings. The molecule has 0 fully saturated rings. The third-order valence-corrected chi connectivity index (χ3v) is 4.21. The normalized spacial score (nSPS) is 11.9. The zero-order chi connectivity index (χ0) is 18.8. The quantitative estimate of drug-likeness (QED) is 0.618. The van der Waals surface area contributed by atoms with E-state index in [1.54, 1.807) is 36.4 Å².